The number of amides is 1. The van der Waals surface area contributed by atoms with Crippen molar-refractivity contribution in [2.24, 2.45) is 0 Å². The number of halogens is 2. The minimum absolute atomic E-state index is 0.00694. The number of aromatic nitrogens is 2. The Morgan fingerprint density at radius 1 is 1.16 bits per heavy atom. The van der Waals surface area contributed by atoms with E-state index in [0.29, 0.717) is 17.0 Å². The Labute approximate surface area is 178 Å². The Kier molecular flexibility index (Phi) is 5.89. The number of para-hydroxylation sites is 1. The number of nitrogens with zero attached hydrogens (tertiary/aromatic N) is 2. The smallest absolute Gasteiger partial charge is 0.387 e. The van der Waals surface area contributed by atoms with Crippen molar-refractivity contribution < 1.29 is 22.7 Å². The van der Waals surface area contributed by atoms with E-state index in [1.165, 1.54) is 22.8 Å². The number of hydrogen-bond acceptors (Lipinski definition) is 6. The highest BCUT2D eigenvalue weighted by Crippen LogP contribution is 2.33. The third-order valence-corrected chi connectivity index (χ3v) is 4.97. The topological polar surface area (TPSA) is 86.4 Å². The summed E-state index contributed by atoms with van der Waals surface area (Å²) >= 11 is 1.13. The van der Waals surface area contributed by atoms with Crippen molar-refractivity contribution in [3.63, 3.8) is 0 Å². The lowest BCUT2D eigenvalue weighted by Gasteiger charge is -2.08. The van der Waals surface area contributed by atoms with E-state index in [9.17, 15) is 18.4 Å². The summed E-state index contributed by atoms with van der Waals surface area (Å²) in [5, 5.41) is 4.51. The normalized spacial score (nSPS) is 10.9. The van der Waals surface area contributed by atoms with Crippen LogP contribution in [0.15, 0.2) is 75.4 Å². The van der Waals surface area contributed by atoms with Crippen LogP contribution >= 0.6 is 11.3 Å². The van der Waals surface area contributed by atoms with Gasteiger partial charge in [-0.25, -0.2) is 4.98 Å². The number of benzene rings is 1. The van der Waals surface area contributed by atoms with E-state index in [2.05, 4.69) is 15.0 Å². The Hall–Kier alpha value is -3.79. The van der Waals surface area contributed by atoms with Crippen molar-refractivity contribution in [2.45, 2.75) is 13.2 Å². The van der Waals surface area contributed by atoms with Gasteiger partial charge in [0.15, 0.2) is 10.9 Å². The van der Waals surface area contributed by atoms with Crippen LogP contribution in [-0.2, 0) is 6.54 Å². The molecule has 158 valence electrons. The molecule has 7 nitrogen and oxygen atoms in total. The molecule has 0 unspecified atom stereocenters. The molecular weight excluding hydrogens is 428 g/mol. The average Bonchev–Trinajstić information content (AvgIpc) is 3.39. The van der Waals surface area contributed by atoms with Crippen molar-refractivity contribution in [1.82, 2.24) is 9.55 Å². The molecule has 10 heteroatoms. The van der Waals surface area contributed by atoms with Crippen LogP contribution in [0.5, 0.6) is 5.75 Å². The van der Waals surface area contributed by atoms with Gasteiger partial charge in [-0.2, -0.15) is 8.78 Å². The first kappa shape index (κ1) is 20.5. The predicted octanol–water partition coefficient (Wildman–Crippen LogP) is 4.47. The van der Waals surface area contributed by atoms with Crippen LogP contribution in [0.4, 0.5) is 13.9 Å². The molecule has 1 amide bonds. The van der Waals surface area contributed by atoms with Crippen LogP contribution < -0.4 is 15.6 Å². The minimum Gasteiger partial charge on any atom is -0.454 e. The maximum atomic E-state index is 12.6. The van der Waals surface area contributed by atoms with Gasteiger partial charge < -0.3 is 13.7 Å². The van der Waals surface area contributed by atoms with Gasteiger partial charge in [-0.1, -0.05) is 18.2 Å². The third-order valence-electron chi connectivity index (χ3n) is 4.21. The van der Waals surface area contributed by atoms with Crippen LogP contribution in [0.3, 0.4) is 0 Å². The summed E-state index contributed by atoms with van der Waals surface area (Å²) in [5.74, 6) is -0.0364. The van der Waals surface area contributed by atoms with Gasteiger partial charge in [-0.15, -0.1) is 11.3 Å². The van der Waals surface area contributed by atoms with E-state index in [4.69, 9.17) is 4.42 Å². The molecule has 4 aromatic rings. The third kappa shape index (κ3) is 4.86. The molecule has 31 heavy (non-hydrogen) atoms. The van der Waals surface area contributed by atoms with Crippen LogP contribution in [0.25, 0.3) is 11.3 Å². The molecule has 0 atom stereocenters. The Morgan fingerprint density at radius 2 is 1.97 bits per heavy atom. The first-order valence-corrected chi connectivity index (χ1v) is 9.93. The van der Waals surface area contributed by atoms with E-state index in [1.54, 1.807) is 48.0 Å². The fourth-order valence-electron chi connectivity index (χ4n) is 2.83. The molecule has 3 heterocycles. The molecular formula is C21H15F2N3O4S. The predicted molar refractivity (Wildman–Crippen MR) is 111 cm³/mol. The quantitative estimate of drug-likeness (QED) is 0.456. The van der Waals surface area contributed by atoms with Gasteiger partial charge >= 0.3 is 6.61 Å². The summed E-state index contributed by atoms with van der Waals surface area (Å²) in [6.45, 7) is -2.77. The highest BCUT2D eigenvalue weighted by Gasteiger charge is 2.16. The number of rotatable bonds is 7. The standard InChI is InChI=1S/C21H15F2N3O4S/c22-20(23)30-16-6-2-1-5-14(16)15-12-31-21(24-15)25-19(28)17-9-8-13(29-17)11-26-10-4-3-7-18(26)27/h1-10,12,20H,11H2,(H,24,25,28). The lowest BCUT2D eigenvalue weighted by Crippen LogP contribution is -2.18. The number of carbonyl (C=O) groups excluding carboxylic acids is 1. The van der Waals surface area contributed by atoms with E-state index in [-0.39, 0.29) is 28.7 Å². The lowest BCUT2D eigenvalue weighted by molar-refractivity contribution is -0.0494. The summed E-state index contributed by atoms with van der Waals surface area (Å²) in [6, 6.07) is 14.2. The summed E-state index contributed by atoms with van der Waals surface area (Å²) in [7, 11) is 0. The molecule has 0 aliphatic carbocycles. The summed E-state index contributed by atoms with van der Waals surface area (Å²) in [5.41, 5.74) is 0.588. The maximum absolute atomic E-state index is 12.6. The Morgan fingerprint density at radius 3 is 2.77 bits per heavy atom. The molecule has 0 fully saturated rings. The van der Waals surface area contributed by atoms with Gasteiger partial charge in [0.2, 0.25) is 0 Å². The average molecular weight is 443 g/mol. The van der Waals surface area contributed by atoms with Crippen molar-refractivity contribution in [3.05, 3.63) is 88.0 Å². The zero-order valence-corrected chi connectivity index (χ0v) is 16.6. The van der Waals surface area contributed by atoms with Crippen LogP contribution in [-0.4, -0.2) is 22.1 Å². The van der Waals surface area contributed by atoms with Crippen molar-refractivity contribution in [3.8, 4) is 17.0 Å². The molecule has 0 aliphatic heterocycles. The highest BCUT2D eigenvalue weighted by atomic mass is 32.1. The SMILES string of the molecule is O=C(Nc1nc(-c2ccccc2OC(F)F)cs1)c1ccc(Cn2ccccc2=O)o1. The van der Waals surface area contributed by atoms with Gasteiger partial charge in [0.05, 0.1) is 12.2 Å². The molecule has 0 aliphatic rings. The number of pyridine rings is 1. The summed E-state index contributed by atoms with van der Waals surface area (Å²) < 4.78 is 36.7. The van der Waals surface area contributed by atoms with E-state index >= 15 is 0 Å². The highest BCUT2D eigenvalue weighted by molar-refractivity contribution is 7.14. The molecule has 0 radical (unpaired) electrons. The van der Waals surface area contributed by atoms with Gasteiger partial charge in [0, 0.05) is 23.2 Å². The van der Waals surface area contributed by atoms with Crippen molar-refractivity contribution >= 4 is 22.4 Å². The van der Waals surface area contributed by atoms with Crippen molar-refractivity contribution in [2.75, 3.05) is 5.32 Å². The second kappa shape index (κ2) is 8.92. The molecule has 4 rings (SSSR count). The molecule has 1 aromatic carbocycles. The Balaban J connectivity index is 1.46. The van der Waals surface area contributed by atoms with Crippen molar-refractivity contribution in [1.29, 1.82) is 0 Å². The van der Waals surface area contributed by atoms with Crippen LogP contribution in [0.1, 0.15) is 16.3 Å². The number of ether oxygens (including phenoxy) is 1. The lowest BCUT2D eigenvalue weighted by atomic mass is 10.1. The number of hydrogen-bond donors (Lipinski definition) is 1. The second-order valence-corrected chi connectivity index (χ2v) is 7.16. The fraction of sp³-hybridized carbons (Fsp3) is 0.0952. The summed E-state index contributed by atoms with van der Waals surface area (Å²) in [6.07, 6.45) is 1.62. The Bertz CT molecular complexity index is 1270. The maximum Gasteiger partial charge on any atom is 0.387 e. The molecule has 0 saturated heterocycles. The number of thiazole rings is 1. The largest absolute Gasteiger partial charge is 0.454 e. The van der Waals surface area contributed by atoms with E-state index in [1.807, 2.05) is 0 Å². The fourth-order valence-corrected chi connectivity index (χ4v) is 3.54. The number of anilines is 1. The summed E-state index contributed by atoms with van der Waals surface area (Å²) in [4.78, 5) is 28.5. The van der Waals surface area contributed by atoms with E-state index < -0.39 is 12.5 Å². The zero-order valence-electron chi connectivity index (χ0n) is 15.8. The molecule has 0 spiro atoms. The number of alkyl halides is 2. The van der Waals surface area contributed by atoms with Gasteiger partial charge in [0.25, 0.3) is 11.5 Å². The second-order valence-electron chi connectivity index (χ2n) is 6.30. The van der Waals surface area contributed by atoms with E-state index in [0.717, 1.165) is 11.3 Å². The molecule has 1 N–H and O–H groups in total. The van der Waals surface area contributed by atoms with Gasteiger partial charge in [0.1, 0.15) is 11.5 Å². The van der Waals surface area contributed by atoms with Crippen LogP contribution in [0, 0.1) is 0 Å². The first-order chi connectivity index (χ1) is 15.0. The number of nitrogens with one attached hydrogen (secondary N) is 1. The molecule has 3 aromatic heterocycles. The number of furan rings is 1. The molecule has 0 saturated carbocycles. The minimum atomic E-state index is -2.96. The van der Waals surface area contributed by atoms with Gasteiger partial charge in [-0.3, -0.25) is 14.9 Å². The van der Waals surface area contributed by atoms with Gasteiger partial charge in [-0.05, 0) is 30.3 Å². The first-order valence-electron chi connectivity index (χ1n) is 9.05. The monoisotopic (exact) mass is 443 g/mol. The van der Waals surface area contributed by atoms with Crippen LogP contribution in [0.2, 0.25) is 0 Å². The zero-order chi connectivity index (χ0) is 21.8. The number of carbonyl (C=O) groups is 1. The molecule has 0 bridgehead atoms.